The molecule has 1 saturated heterocycles. The summed E-state index contributed by atoms with van der Waals surface area (Å²) in [6.45, 7) is 1.98. The summed E-state index contributed by atoms with van der Waals surface area (Å²) in [6.07, 6.45) is 2.21. The first-order valence-corrected chi connectivity index (χ1v) is 7.47. The third-order valence-corrected chi connectivity index (χ3v) is 4.10. The van der Waals surface area contributed by atoms with Crippen molar-refractivity contribution in [1.82, 2.24) is 14.7 Å². The Hall–Kier alpha value is -2.90. The Morgan fingerprint density at radius 2 is 2.12 bits per heavy atom. The highest BCUT2D eigenvalue weighted by Gasteiger charge is 2.36. The lowest BCUT2D eigenvalue weighted by Crippen LogP contribution is -2.40. The molecule has 1 aliphatic rings. The number of aryl methyl sites for hydroxylation is 1. The monoisotopic (exact) mass is 333 g/mol. The van der Waals surface area contributed by atoms with Gasteiger partial charge in [-0.1, -0.05) is 0 Å². The van der Waals surface area contributed by atoms with Crippen molar-refractivity contribution in [3.8, 4) is 11.4 Å². The SMILES string of the molecule is Cc1cc(F)ccc1-n1cc(O)c(C(=O)N2CCC[C@H]2C(=O)O)n1. The smallest absolute Gasteiger partial charge is 0.326 e. The molecule has 0 aliphatic carbocycles. The van der Waals surface area contributed by atoms with Crippen molar-refractivity contribution in [2.75, 3.05) is 6.54 Å². The molecule has 1 amide bonds. The number of hydrogen-bond donors (Lipinski definition) is 2. The van der Waals surface area contributed by atoms with Crippen molar-refractivity contribution < 1.29 is 24.2 Å². The number of likely N-dealkylation sites (tertiary alicyclic amines) is 1. The van der Waals surface area contributed by atoms with Crippen LogP contribution in [0.4, 0.5) is 4.39 Å². The predicted molar refractivity (Wildman–Crippen MR) is 81.6 cm³/mol. The van der Waals surface area contributed by atoms with Crippen LogP contribution in [0.2, 0.25) is 0 Å². The summed E-state index contributed by atoms with van der Waals surface area (Å²) < 4.78 is 14.5. The van der Waals surface area contributed by atoms with Crippen molar-refractivity contribution in [2.45, 2.75) is 25.8 Å². The number of rotatable bonds is 3. The molecule has 1 aromatic carbocycles. The topological polar surface area (TPSA) is 95.7 Å². The highest BCUT2D eigenvalue weighted by Crippen LogP contribution is 2.25. The summed E-state index contributed by atoms with van der Waals surface area (Å²) >= 11 is 0. The van der Waals surface area contributed by atoms with E-state index in [0.717, 1.165) is 0 Å². The second-order valence-corrected chi connectivity index (χ2v) is 5.73. The van der Waals surface area contributed by atoms with E-state index >= 15 is 0 Å². The van der Waals surface area contributed by atoms with Gasteiger partial charge < -0.3 is 15.1 Å². The summed E-state index contributed by atoms with van der Waals surface area (Å²) in [5.74, 6) is -2.45. The van der Waals surface area contributed by atoms with E-state index in [1.807, 2.05) is 0 Å². The minimum Gasteiger partial charge on any atom is -0.504 e. The third kappa shape index (κ3) is 2.70. The Morgan fingerprint density at radius 3 is 2.79 bits per heavy atom. The van der Waals surface area contributed by atoms with Crippen LogP contribution in [-0.4, -0.2) is 49.4 Å². The Bertz CT molecular complexity index is 818. The molecule has 1 aromatic heterocycles. The van der Waals surface area contributed by atoms with Gasteiger partial charge in [-0.2, -0.15) is 5.10 Å². The number of halogens is 1. The number of aromatic hydroxyl groups is 1. The van der Waals surface area contributed by atoms with E-state index < -0.39 is 23.7 Å². The molecule has 0 saturated carbocycles. The molecule has 0 radical (unpaired) electrons. The van der Waals surface area contributed by atoms with Crippen LogP contribution in [0.3, 0.4) is 0 Å². The number of carboxylic acid groups (broad SMARTS) is 1. The summed E-state index contributed by atoms with van der Waals surface area (Å²) in [4.78, 5) is 25.0. The molecular formula is C16H16FN3O4. The fraction of sp³-hybridized carbons (Fsp3) is 0.312. The summed E-state index contributed by atoms with van der Waals surface area (Å²) in [5.41, 5.74) is 0.884. The van der Waals surface area contributed by atoms with Gasteiger partial charge in [-0.25, -0.2) is 13.9 Å². The van der Waals surface area contributed by atoms with Gasteiger partial charge >= 0.3 is 5.97 Å². The fourth-order valence-corrected chi connectivity index (χ4v) is 2.92. The summed E-state index contributed by atoms with van der Waals surface area (Å²) in [5, 5.41) is 23.3. The van der Waals surface area contributed by atoms with E-state index in [-0.39, 0.29) is 11.4 Å². The molecule has 0 spiro atoms. The zero-order valence-electron chi connectivity index (χ0n) is 12.9. The van der Waals surface area contributed by atoms with Crippen molar-refractivity contribution in [1.29, 1.82) is 0 Å². The first-order chi connectivity index (χ1) is 11.4. The number of carboxylic acids is 1. The average molecular weight is 333 g/mol. The van der Waals surface area contributed by atoms with Crippen LogP contribution in [0.1, 0.15) is 28.9 Å². The molecule has 3 rings (SSSR count). The van der Waals surface area contributed by atoms with Crippen molar-refractivity contribution in [2.24, 2.45) is 0 Å². The van der Waals surface area contributed by atoms with E-state index in [9.17, 15) is 24.2 Å². The molecule has 0 bridgehead atoms. The number of benzene rings is 1. The van der Waals surface area contributed by atoms with E-state index in [4.69, 9.17) is 0 Å². The highest BCUT2D eigenvalue weighted by atomic mass is 19.1. The quantitative estimate of drug-likeness (QED) is 0.891. The van der Waals surface area contributed by atoms with Crippen LogP contribution in [0.15, 0.2) is 24.4 Å². The number of aliphatic carboxylic acids is 1. The molecule has 1 fully saturated rings. The lowest BCUT2D eigenvalue weighted by Gasteiger charge is -2.20. The molecule has 0 unspecified atom stereocenters. The van der Waals surface area contributed by atoms with Crippen molar-refractivity contribution >= 4 is 11.9 Å². The molecule has 2 heterocycles. The van der Waals surface area contributed by atoms with Crippen LogP contribution in [0, 0.1) is 12.7 Å². The first kappa shape index (κ1) is 16.0. The van der Waals surface area contributed by atoms with Gasteiger partial charge in [0.2, 0.25) is 0 Å². The van der Waals surface area contributed by atoms with E-state index in [1.165, 1.54) is 34.0 Å². The summed E-state index contributed by atoms with van der Waals surface area (Å²) in [7, 11) is 0. The van der Waals surface area contributed by atoms with Crippen molar-refractivity contribution in [3.63, 3.8) is 0 Å². The first-order valence-electron chi connectivity index (χ1n) is 7.47. The standard InChI is InChI=1S/C16H16FN3O4/c1-9-7-10(17)4-5-11(9)20-8-13(21)14(18-20)15(22)19-6-2-3-12(19)16(23)24/h4-5,7-8,12,21H,2-3,6H2,1H3,(H,23,24)/t12-/m0/s1. The van der Waals surface area contributed by atoms with Crippen LogP contribution in [-0.2, 0) is 4.79 Å². The van der Waals surface area contributed by atoms with Gasteiger partial charge in [-0.3, -0.25) is 4.79 Å². The number of aromatic nitrogens is 2. The Labute approximate surface area is 136 Å². The number of hydrogen-bond acceptors (Lipinski definition) is 4. The zero-order chi connectivity index (χ0) is 17.4. The zero-order valence-corrected chi connectivity index (χ0v) is 12.9. The van der Waals surface area contributed by atoms with Gasteiger partial charge in [0.1, 0.15) is 11.9 Å². The molecule has 8 heteroatoms. The van der Waals surface area contributed by atoms with E-state index in [0.29, 0.717) is 30.6 Å². The summed E-state index contributed by atoms with van der Waals surface area (Å²) in [6, 6.07) is 3.15. The lowest BCUT2D eigenvalue weighted by molar-refractivity contribution is -0.141. The Kier molecular flexibility index (Phi) is 3.96. The Morgan fingerprint density at radius 1 is 1.38 bits per heavy atom. The maximum atomic E-state index is 13.2. The molecule has 2 N–H and O–H groups in total. The molecular weight excluding hydrogens is 317 g/mol. The third-order valence-electron chi connectivity index (χ3n) is 4.10. The van der Waals surface area contributed by atoms with Crippen LogP contribution in [0.5, 0.6) is 5.75 Å². The number of nitrogens with zero attached hydrogens (tertiary/aromatic N) is 3. The normalized spacial score (nSPS) is 17.2. The number of carbonyl (C=O) groups is 2. The van der Waals surface area contributed by atoms with Gasteiger partial charge in [0.05, 0.1) is 11.9 Å². The van der Waals surface area contributed by atoms with E-state index in [1.54, 1.807) is 6.92 Å². The van der Waals surface area contributed by atoms with Crippen LogP contribution < -0.4 is 0 Å². The molecule has 2 aromatic rings. The number of carbonyl (C=O) groups excluding carboxylic acids is 1. The molecule has 126 valence electrons. The van der Waals surface area contributed by atoms with Crippen LogP contribution in [0.25, 0.3) is 5.69 Å². The second kappa shape index (κ2) is 5.95. The molecule has 24 heavy (non-hydrogen) atoms. The predicted octanol–water partition coefficient (Wildman–Crippen LogP) is 1.71. The highest BCUT2D eigenvalue weighted by molar-refractivity contribution is 5.97. The lowest BCUT2D eigenvalue weighted by atomic mass is 10.2. The van der Waals surface area contributed by atoms with Gasteiger partial charge in [0.15, 0.2) is 11.4 Å². The van der Waals surface area contributed by atoms with Crippen LogP contribution >= 0.6 is 0 Å². The Balaban J connectivity index is 1.94. The van der Waals surface area contributed by atoms with Gasteiger partial charge in [-0.05, 0) is 43.5 Å². The maximum absolute atomic E-state index is 13.2. The molecule has 1 atom stereocenters. The largest absolute Gasteiger partial charge is 0.504 e. The van der Waals surface area contributed by atoms with Gasteiger partial charge in [0.25, 0.3) is 5.91 Å². The number of amides is 1. The minimum absolute atomic E-state index is 0.216. The minimum atomic E-state index is -1.07. The van der Waals surface area contributed by atoms with E-state index in [2.05, 4.69) is 5.10 Å². The second-order valence-electron chi connectivity index (χ2n) is 5.73. The molecule has 7 nitrogen and oxygen atoms in total. The molecule has 1 aliphatic heterocycles. The average Bonchev–Trinajstić information content (AvgIpc) is 3.13. The van der Waals surface area contributed by atoms with Gasteiger partial charge in [-0.15, -0.1) is 0 Å². The van der Waals surface area contributed by atoms with Gasteiger partial charge in [0, 0.05) is 6.54 Å². The maximum Gasteiger partial charge on any atom is 0.326 e. The van der Waals surface area contributed by atoms with Crippen molar-refractivity contribution in [3.05, 3.63) is 41.5 Å². The fourth-order valence-electron chi connectivity index (χ4n) is 2.92.